The first kappa shape index (κ1) is 20.9. The molecule has 0 aromatic rings. The Morgan fingerprint density at radius 2 is 1.30 bits per heavy atom. The van der Waals surface area contributed by atoms with E-state index in [1.54, 1.807) is 0 Å². The summed E-state index contributed by atoms with van der Waals surface area (Å²) in [5.41, 5.74) is -0.814. The molecule has 2 fully saturated rings. The Morgan fingerprint density at radius 3 is 1.61 bits per heavy atom. The van der Waals surface area contributed by atoms with E-state index in [1.165, 1.54) is 12.8 Å². The SMILES string of the molecule is CC(C)C1(F)CCOCC1.CC(C)C1CC(C)(C)OC(C)(C)C1. The van der Waals surface area contributed by atoms with Crippen molar-refractivity contribution in [2.24, 2.45) is 17.8 Å². The number of halogens is 1. The van der Waals surface area contributed by atoms with Crippen LogP contribution in [0.2, 0.25) is 0 Å². The number of ether oxygens (including phenoxy) is 2. The van der Waals surface area contributed by atoms with E-state index in [1.807, 2.05) is 13.8 Å². The topological polar surface area (TPSA) is 18.5 Å². The van der Waals surface area contributed by atoms with Gasteiger partial charge in [0.1, 0.15) is 5.67 Å². The number of alkyl halides is 1. The summed E-state index contributed by atoms with van der Waals surface area (Å²) in [4.78, 5) is 0. The smallest absolute Gasteiger partial charge is 0.117 e. The van der Waals surface area contributed by atoms with Gasteiger partial charge in [-0.05, 0) is 58.3 Å². The van der Waals surface area contributed by atoms with Gasteiger partial charge < -0.3 is 9.47 Å². The standard InChI is InChI=1S/C12H24O.C8H15FO/c1-9(2)10-7-11(3,4)13-12(5,6)8-10;1-7(2)8(9)3-5-10-6-4-8/h9-10H,7-8H2,1-6H3;7H,3-6H2,1-2H3. The molecule has 2 nitrogen and oxygen atoms in total. The Bertz CT molecular complexity index is 339. The number of rotatable bonds is 2. The van der Waals surface area contributed by atoms with Crippen LogP contribution in [0.25, 0.3) is 0 Å². The van der Waals surface area contributed by atoms with Gasteiger partial charge in [-0.2, -0.15) is 0 Å². The summed E-state index contributed by atoms with van der Waals surface area (Å²) < 4.78 is 24.7. The summed E-state index contributed by atoms with van der Waals surface area (Å²) in [6.45, 7) is 18.5. The molecule has 23 heavy (non-hydrogen) atoms. The van der Waals surface area contributed by atoms with Gasteiger partial charge in [0.2, 0.25) is 0 Å². The second kappa shape index (κ2) is 7.82. The van der Waals surface area contributed by atoms with Gasteiger partial charge in [0.25, 0.3) is 0 Å². The predicted octanol–water partition coefficient (Wildman–Crippen LogP) is 5.79. The molecule has 2 heterocycles. The maximum atomic E-state index is 13.6. The molecule has 0 aromatic carbocycles. The molecule has 0 saturated carbocycles. The molecule has 2 aliphatic rings. The maximum absolute atomic E-state index is 13.6. The first-order chi connectivity index (χ1) is 10.4. The van der Waals surface area contributed by atoms with Crippen LogP contribution in [0.4, 0.5) is 4.39 Å². The summed E-state index contributed by atoms with van der Waals surface area (Å²) in [5.74, 6) is 1.73. The van der Waals surface area contributed by atoms with Crippen LogP contribution in [0, 0.1) is 17.8 Å². The van der Waals surface area contributed by atoms with Gasteiger partial charge in [0.15, 0.2) is 0 Å². The molecule has 0 radical (unpaired) electrons. The Hall–Kier alpha value is -0.150. The summed E-state index contributed by atoms with van der Waals surface area (Å²) in [6, 6.07) is 0. The molecular formula is C20H39FO2. The molecule has 2 rings (SSSR count). The van der Waals surface area contributed by atoms with Gasteiger partial charge in [-0.15, -0.1) is 0 Å². The second-order valence-electron chi connectivity index (χ2n) is 9.34. The molecule has 0 amide bonds. The minimum absolute atomic E-state index is 0.0662. The lowest BCUT2D eigenvalue weighted by Crippen LogP contribution is -2.46. The van der Waals surface area contributed by atoms with Crippen LogP contribution < -0.4 is 0 Å². The molecule has 138 valence electrons. The molecule has 0 unspecified atom stereocenters. The zero-order chi connectivity index (χ0) is 17.9. The second-order valence-corrected chi connectivity index (χ2v) is 9.34. The fraction of sp³-hybridized carbons (Fsp3) is 1.00. The predicted molar refractivity (Wildman–Crippen MR) is 95.5 cm³/mol. The van der Waals surface area contributed by atoms with E-state index in [0.717, 1.165) is 11.8 Å². The minimum Gasteiger partial charge on any atom is -0.381 e. The Morgan fingerprint density at radius 1 is 0.870 bits per heavy atom. The highest BCUT2D eigenvalue weighted by Crippen LogP contribution is 2.41. The summed E-state index contributed by atoms with van der Waals surface area (Å²) in [5, 5.41) is 0. The van der Waals surface area contributed by atoms with Gasteiger partial charge in [0.05, 0.1) is 11.2 Å². The van der Waals surface area contributed by atoms with Crippen LogP contribution >= 0.6 is 0 Å². The maximum Gasteiger partial charge on any atom is 0.117 e. The lowest BCUT2D eigenvalue weighted by atomic mass is 9.75. The van der Waals surface area contributed by atoms with Crippen molar-refractivity contribution in [3.63, 3.8) is 0 Å². The average Bonchev–Trinajstić information content (AvgIpc) is 2.36. The normalized spacial score (nSPS) is 26.7. The van der Waals surface area contributed by atoms with Crippen LogP contribution in [0.1, 0.15) is 81.1 Å². The van der Waals surface area contributed by atoms with Gasteiger partial charge in [0, 0.05) is 26.1 Å². The van der Waals surface area contributed by atoms with Crippen LogP contribution in [0.15, 0.2) is 0 Å². The van der Waals surface area contributed by atoms with E-state index in [-0.39, 0.29) is 17.1 Å². The van der Waals surface area contributed by atoms with Gasteiger partial charge >= 0.3 is 0 Å². The fourth-order valence-corrected chi connectivity index (χ4v) is 3.93. The summed E-state index contributed by atoms with van der Waals surface area (Å²) in [7, 11) is 0. The van der Waals surface area contributed by atoms with E-state index in [0.29, 0.717) is 26.1 Å². The summed E-state index contributed by atoms with van der Waals surface area (Å²) >= 11 is 0. The largest absolute Gasteiger partial charge is 0.381 e. The first-order valence-electron chi connectivity index (χ1n) is 9.34. The molecule has 0 spiro atoms. The zero-order valence-corrected chi connectivity index (χ0v) is 16.7. The Kier molecular flexibility index (Phi) is 7.10. The quantitative estimate of drug-likeness (QED) is 0.638. The summed E-state index contributed by atoms with van der Waals surface area (Å²) in [6.07, 6.45) is 3.55. The van der Waals surface area contributed by atoms with E-state index in [4.69, 9.17) is 9.47 Å². The molecule has 0 atom stereocenters. The molecular weight excluding hydrogens is 291 g/mol. The van der Waals surface area contributed by atoms with Gasteiger partial charge in [-0.3, -0.25) is 0 Å². The van der Waals surface area contributed by atoms with Crippen molar-refractivity contribution in [2.75, 3.05) is 13.2 Å². The van der Waals surface area contributed by atoms with Crippen molar-refractivity contribution in [3.8, 4) is 0 Å². The first-order valence-corrected chi connectivity index (χ1v) is 9.34. The van der Waals surface area contributed by atoms with E-state index in [2.05, 4.69) is 41.5 Å². The van der Waals surface area contributed by atoms with Crippen LogP contribution in [-0.4, -0.2) is 30.1 Å². The van der Waals surface area contributed by atoms with Crippen molar-refractivity contribution in [2.45, 2.75) is 97.9 Å². The minimum atomic E-state index is -0.946. The van der Waals surface area contributed by atoms with Crippen molar-refractivity contribution in [1.29, 1.82) is 0 Å². The molecule has 0 N–H and O–H groups in total. The monoisotopic (exact) mass is 330 g/mol. The molecule has 2 saturated heterocycles. The van der Waals surface area contributed by atoms with E-state index in [9.17, 15) is 4.39 Å². The highest BCUT2D eigenvalue weighted by molar-refractivity contribution is 4.89. The highest BCUT2D eigenvalue weighted by Gasteiger charge is 2.40. The van der Waals surface area contributed by atoms with Crippen molar-refractivity contribution in [3.05, 3.63) is 0 Å². The third-order valence-corrected chi connectivity index (χ3v) is 5.36. The Balaban J connectivity index is 0.000000238. The highest BCUT2D eigenvalue weighted by atomic mass is 19.1. The van der Waals surface area contributed by atoms with Crippen molar-refractivity contribution < 1.29 is 13.9 Å². The lowest BCUT2D eigenvalue weighted by Gasteiger charge is -2.46. The van der Waals surface area contributed by atoms with Crippen molar-refractivity contribution >= 4 is 0 Å². The molecule has 3 heteroatoms. The van der Waals surface area contributed by atoms with Gasteiger partial charge in [-0.25, -0.2) is 4.39 Å². The number of hydrogen-bond acceptors (Lipinski definition) is 2. The number of hydrogen-bond donors (Lipinski definition) is 0. The van der Waals surface area contributed by atoms with E-state index < -0.39 is 5.67 Å². The van der Waals surface area contributed by atoms with Crippen LogP contribution in [-0.2, 0) is 9.47 Å². The van der Waals surface area contributed by atoms with Crippen LogP contribution in [0.5, 0.6) is 0 Å². The van der Waals surface area contributed by atoms with E-state index >= 15 is 0 Å². The Labute approximate surface area is 143 Å². The molecule has 2 aliphatic heterocycles. The fourth-order valence-electron chi connectivity index (χ4n) is 3.93. The third kappa shape index (κ3) is 6.70. The van der Waals surface area contributed by atoms with Crippen LogP contribution in [0.3, 0.4) is 0 Å². The third-order valence-electron chi connectivity index (χ3n) is 5.36. The molecule has 0 aliphatic carbocycles. The lowest BCUT2D eigenvalue weighted by molar-refractivity contribution is -0.177. The molecule has 0 aromatic heterocycles. The van der Waals surface area contributed by atoms with Gasteiger partial charge in [-0.1, -0.05) is 27.7 Å². The zero-order valence-electron chi connectivity index (χ0n) is 16.7. The average molecular weight is 331 g/mol. The van der Waals surface area contributed by atoms with Crippen molar-refractivity contribution in [1.82, 2.24) is 0 Å². The molecule has 0 bridgehead atoms.